The summed E-state index contributed by atoms with van der Waals surface area (Å²) in [4.78, 5) is 5.09. The lowest BCUT2D eigenvalue weighted by molar-refractivity contribution is 0.477. The molecule has 8 aromatic rings. The van der Waals surface area contributed by atoms with Crippen molar-refractivity contribution in [3.63, 3.8) is 0 Å². The van der Waals surface area contributed by atoms with E-state index in [0.29, 0.717) is 0 Å². The third-order valence-corrected chi connectivity index (χ3v) is 8.46. The van der Waals surface area contributed by atoms with E-state index in [1.54, 1.807) is 17.4 Å². The molecule has 0 bridgehead atoms. The zero-order chi connectivity index (χ0) is 25.9. The minimum Gasteiger partial charge on any atom is -0.507 e. The lowest BCUT2D eigenvalue weighted by atomic mass is 9.94. The molecule has 2 heterocycles. The Labute approximate surface area is 228 Å². The molecule has 8 rings (SSSR count). The summed E-state index contributed by atoms with van der Waals surface area (Å²) in [6.07, 6.45) is 0. The first-order chi connectivity index (χ1) is 19.2. The number of phenols is 1. The summed E-state index contributed by atoms with van der Waals surface area (Å²) in [5, 5.41) is 16.0. The Balaban J connectivity index is 1.47. The molecule has 4 heteroatoms. The number of phenolic OH excluding ortho intramolecular Hbond substituents is 1. The van der Waals surface area contributed by atoms with E-state index in [0.717, 1.165) is 59.4 Å². The van der Waals surface area contributed by atoms with Gasteiger partial charge in [-0.15, -0.1) is 11.3 Å². The van der Waals surface area contributed by atoms with Gasteiger partial charge in [0.2, 0.25) is 0 Å². The van der Waals surface area contributed by atoms with Crippen molar-refractivity contribution in [2.24, 2.45) is 0 Å². The first kappa shape index (κ1) is 22.1. The maximum Gasteiger partial charge on any atom is 0.143 e. The van der Waals surface area contributed by atoms with E-state index in [-0.39, 0.29) is 5.75 Å². The van der Waals surface area contributed by atoms with Gasteiger partial charge in [-0.25, -0.2) is 4.98 Å². The van der Waals surface area contributed by atoms with Crippen LogP contribution < -0.4 is 0 Å². The molecular weight excluding hydrogens is 498 g/mol. The van der Waals surface area contributed by atoms with Gasteiger partial charge >= 0.3 is 0 Å². The molecule has 1 N–H and O–H groups in total. The minimum atomic E-state index is 0.228. The average Bonchev–Trinajstić information content (AvgIpc) is 3.58. The third kappa shape index (κ3) is 3.46. The molecule has 3 nitrogen and oxygen atoms in total. The van der Waals surface area contributed by atoms with Crippen LogP contribution >= 0.6 is 11.3 Å². The zero-order valence-electron chi connectivity index (χ0n) is 20.8. The Morgan fingerprint density at radius 2 is 1.28 bits per heavy atom. The molecule has 0 aliphatic carbocycles. The first-order valence-electron chi connectivity index (χ1n) is 12.9. The van der Waals surface area contributed by atoms with E-state index in [9.17, 15) is 5.11 Å². The van der Waals surface area contributed by atoms with E-state index in [1.165, 1.54) is 16.3 Å². The highest BCUT2D eigenvalue weighted by Gasteiger charge is 2.19. The van der Waals surface area contributed by atoms with Gasteiger partial charge in [-0.2, -0.15) is 0 Å². The number of furan rings is 1. The number of nitrogens with zero attached hydrogens (tertiary/aromatic N) is 1. The molecule has 0 aliphatic rings. The molecular formula is C35H21NO2S. The summed E-state index contributed by atoms with van der Waals surface area (Å²) in [7, 11) is 0. The molecule has 0 fully saturated rings. The van der Waals surface area contributed by atoms with Crippen LogP contribution in [0.15, 0.2) is 126 Å². The van der Waals surface area contributed by atoms with Crippen LogP contribution in [0.25, 0.3) is 75.8 Å². The minimum absolute atomic E-state index is 0.228. The Kier molecular flexibility index (Phi) is 4.84. The van der Waals surface area contributed by atoms with Gasteiger partial charge < -0.3 is 9.52 Å². The van der Waals surface area contributed by atoms with E-state index in [4.69, 9.17) is 9.40 Å². The van der Waals surface area contributed by atoms with Crippen molar-refractivity contribution >= 4 is 54.3 Å². The van der Waals surface area contributed by atoms with Gasteiger partial charge in [0.15, 0.2) is 0 Å². The Hall–Kier alpha value is -4.93. The maximum absolute atomic E-state index is 10.6. The van der Waals surface area contributed by atoms with Crippen LogP contribution in [-0.2, 0) is 0 Å². The predicted molar refractivity (Wildman–Crippen MR) is 162 cm³/mol. The molecule has 6 aromatic carbocycles. The van der Waals surface area contributed by atoms with Gasteiger partial charge in [0.05, 0.1) is 15.8 Å². The van der Waals surface area contributed by atoms with Crippen molar-refractivity contribution in [3.8, 4) is 38.6 Å². The van der Waals surface area contributed by atoms with Crippen LogP contribution in [0.1, 0.15) is 0 Å². The number of aromatic hydroxyl groups is 1. The number of fused-ring (bicyclic) bond motifs is 5. The van der Waals surface area contributed by atoms with E-state index >= 15 is 0 Å². The predicted octanol–water partition coefficient (Wildman–Crippen LogP) is 10.1. The van der Waals surface area contributed by atoms with Gasteiger partial charge in [0.1, 0.15) is 21.9 Å². The molecule has 0 aliphatic heterocycles. The monoisotopic (exact) mass is 519 g/mol. The second kappa shape index (κ2) is 8.55. The summed E-state index contributed by atoms with van der Waals surface area (Å²) in [5.74, 6) is 0.228. The highest BCUT2D eigenvalue weighted by Crippen LogP contribution is 2.44. The van der Waals surface area contributed by atoms with Gasteiger partial charge in [0.25, 0.3) is 0 Å². The normalized spacial score (nSPS) is 11.7. The summed E-state index contributed by atoms with van der Waals surface area (Å²) < 4.78 is 7.51. The standard InChI is InChI=1S/C35H21NO2S/c37-30-17-5-3-13-28(30)35-36-33-29(27-16-8-15-26-25-12-4-6-18-31(25)38-34(26)27)19-22(20-32(33)39-35)24-14-7-10-21-9-1-2-11-23(21)24/h1-20,37H. The number of hydrogen-bond donors (Lipinski definition) is 1. The van der Waals surface area contributed by atoms with Crippen molar-refractivity contribution in [1.82, 2.24) is 4.98 Å². The van der Waals surface area contributed by atoms with Crippen molar-refractivity contribution in [3.05, 3.63) is 121 Å². The van der Waals surface area contributed by atoms with Gasteiger partial charge in [-0.3, -0.25) is 0 Å². The number of thiazole rings is 1. The molecule has 0 amide bonds. The van der Waals surface area contributed by atoms with Crippen molar-refractivity contribution < 1.29 is 9.52 Å². The maximum atomic E-state index is 10.6. The Morgan fingerprint density at radius 3 is 2.21 bits per heavy atom. The van der Waals surface area contributed by atoms with Crippen LogP contribution in [0.2, 0.25) is 0 Å². The van der Waals surface area contributed by atoms with Crippen molar-refractivity contribution in [1.29, 1.82) is 0 Å². The average molecular weight is 520 g/mol. The van der Waals surface area contributed by atoms with Crippen LogP contribution in [-0.4, -0.2) is 10.1 Å². The van der Waals surface area contributed by atoms with E-state index < -0.39 is 0 Å². The number of para-hydroxylation sites is 3. The van der Waals surface area contributed by atoms with Crippen LogP contribution in [0.3, 0.4) is 0 Å². The summed E-state index contributed by atoms with van der Waals surface area (Å²) >= 11 is 1.60. The van der Waals surface area contributed by atoms with Crippen molar-refractivity contribution in [2.75, 3.05) is 0 Å². The molecule has 184 valence electrons. The quantitative estimate of drug-likeness (QED) is 0.253. The SMILES string of the molecule is Oc1ccccc1-c1nc2c(-c3cccc4c3oc3ccccc34)cc(-c3cccc4ccccc34)cc2s1. The Bertz CT molecular complexity index is 2200. The second-order valence-electron chi connectivity index (χ2n) is 9.71. The zero-order valence-corrected chi connectivity index (χ0v) is 21.6. The fourth-order valence-electron chi connectivity index (χ4n) is 5.60. The number of hydrogen-bond acceptors (Lipinski definition) is 4. The molecule has 0 spiro atoms. The third-order valence-electron chi connectivity index (χ3n) is 7.42. The van der Waals surface area contributed by atoms with E-state index in [1.807, 2.05) is 36.4 Å². The number of benzene rings is 6. The fraction of sp³-hybridized carbons (Fsp3) is 0. The highest BCUT2D eigenvalue weighted by molar-refractivity contribution is 7.21. The van der Waals surface area contributed by atoms with Crippen LogP contribution in [0.4, 0.5) is 0 Å². The summed E-state index contributed by atoms with van der Waals surface area (Å²) in [5.41, 5.74) is 7.67. The summed E-state index contributed by atoms with van der Waals surface area (Å²) in [6.45, 7) is 0. The fourth-order valence-corrected chi connectivity index (χ4v) is 6.66. The summed E-state index contributed by atoms with van der Waals surface area (Å²) in [6, 6.07) is 41.3. The van der Waals surface area contributed by atoms with Crippen molar-refractivity contribution in [2.45, 2.75) is 0 Å². The molecule has 0 saturated heterocycles. The molecule has 39 heavy (non-hydrogen) atoms. The van der Waals surface area contributed by atoms with Gasteiger partial charge in [-0.1, -0.05) is 91.0 Å². The van der Waals surface area contributed by atoms with Gasteiger partial charge in [0, 0.05) is 21.9 Å². The molecule has 0 radical (unpaired) electrons. The van der Waals surface area contributed by atoms with Crippen LogP contribution in [0.5, 0.6) is 5.75 Å². The number of aromatic nitrogens is 1. The molecule has 0 unspecified atom stereocenters. The molecule has 0 atom stereocenters. The largest absolute Gasteiger partial charge is 0.507 e. The number of rotatable bonds is 3. The van der Waals surface area contributed by atoms with E-state index in [2.05, 4.69) is 78.9 Å². The topological polar surface area (TPSA) is 46.3 Å². The molecule has 0 saturated carbocycles. The lowest BCUT2D eigenvalue weighted by Crippen LogP contribution is -1.87. The smallest absolute Gasteiger partial charge is 0.143 e. The lowest BCUT2D eigenvalue weighted by Gasteiger charge is -2.11. The Morgan fingerprint density at radius 1 is 0.590 bits per heavy atom. The molecule has 2 aromatic heterocycles. The second-order valence-corrected chi connectivity index (χ2v) is 10.7. The first-order valence-corrected chi connectivity index (χ1v) is 13.7. The van der Waals surface area contributed by atoms with Crippen LogP contribution in [0, 0.1) is 0 Å². The highest BCUT2D eigenvalue weighted by atomic mass is 32.1. The van der Waals surface area contributed by atoms with Gasteiger partial charge in [-0.05, 0) is 52.2 Å².